The molecule has 2 N–H and O–H groups in total. The number of thiophene rings is 1. The summed E-state index contributed by atoms with van der Waals surface area (Å²) in [5.74, 6) is 1.21. The van der Waals surface area contributed by atoms with E-state index in [1.54, 1.807) is 0 Å². The number of hydrogen-bond acceptors (Lipinski definition) is 4. The molecule has 1 aromatic heterocycles. The Morgan fingerprint density at radius 2 is 2.15 bits per heavy atom. The van der Waals surface area contributed by atoms with Gasteiger partial charge in [-0.1, -0.05) is 0 Å². The van der Waals surface area contributed by atoms with Gasteiger partial charge in [-0.25, -0.2) is 0 Å². The van der Waals surface area contributed by atoms with Crippen molar-refractivity contribution in [1.82, 2.24) is 15.5 Å². The van der Waals surface area contributed by atoms with Crippen molar-refractivity contribution in [3.05, 3.63) is 17.5 Å². The molecular formula is C19H32IN5OS. The fourth-order valence-electron chi connectivity index (χ4n) is 3.60. The van der Waals surface area contributed by atoms with Crippen LogP contribution < -0.4 is 15.5 Å². The molecule has 2 aliphatic heterocycles. The van der Waals surface area contributed by atoms with Gasteiger partial charge >= 0.3 is 0 Å². The second-order valence-electron chi connectivity index (χ2n) is 6.96. The van der Waals surface area contributed by atoms with Crippen LogP contribution in [0.4, 0.5) is 5.00 Å². The van der Waals surface area contributed by atoms with Crippen molar-refractivity contribution < 1.29 is 4.79 Å². The number of nitrogens with one attached hydrogen (secondary N) is 2. The van der Waals surface area contributed by atoms with Gasteiger partial charge in [-0.3, -0.25) is 9.79 Å². The Kier molecular flexibility index (Phi) is 9.67. The van der Waals surface area contributed by atoms with Crippen LogP contribution >= 0.6 is 35.3 Å². The summed E-state index contributed by atoms with van der Waals surface area (Å²) in [6.45, 7) is 7.66. The molecule has 6 nitrogen and oxygen atoms in total. The van der Waals surface area contributed by atoms with Crippen LogP contribution in [0.25, 0.3) is 0 Å². The van der Waals surface area contributed by atoms with Crippen LogP contribution in [0.3, 0.4) is 0 Å². The second-order valence-corrected chi connectivity index (χ2v) is 7.88. The topological polar surface area (TPSA) is 60.0 Å². The molecule has 8 heteroatoms. The van der Waals surface area contributed by atoms with E-state index in [1.807, 2.05) is 16.2 Å². The smallest absolute Gasteiger partial charge is 0.222 e. The van der Waals surface area contributed by atoms with Gasteiger partial charge in [0.2, 0.25) is 5.91 Å². The average Bonchev–Trinajstić information content (AvgIpc) is 3.32. The van der Waals surface area contributed by atoms with Gasteiger partial charge in [-0.05, 0) is 50.1 Å². The molecule has 152 valence electrons. The number of guanidine groups is 1. The molecule has 0 bridgehead atoms. The molecule has 0 spiro atoms. The van der Waals surface area contributed by atoms with Crippen LogP contribution in [-0.2, 0) is 4.79 Å². The SMILES string of the molecule is CCNC(=NCCCN1CCCC1=O)NC1CCN(c2cccs2)CC1.I. The predicted octanol–water partition coefficient (Wildman–Crippen LogP) is 2.90. The van der Waals surface area contributed by atoms with E-state index in [0.717, 1.165) is 77.3 Å². The zero-order valence-corrected chi connectivity index (χ0v) is 19.3. The van der Waals surface area contributed by atoms with E-state index in [-0.39, 0.29) is 24.0 Å². The summed E-state index contributed by atoms with van der Waals surface area (Å²) in [4.78, 5) is 20.8. The van der Waals surface area contributed by atoms with Gasteiger partial charge in [0, 0.05) is 51.7 Å². The van der Waals surface area contributed by atoms with Crippen LogP contribution in [0, 0.1) is 0 Å². The van der Waals surface area contributed by atoms with Gasteiger partial charge in [0.15, 0.2) is 5.96 Å². The second kappa shape index (κ2) is 11.7. The van der Waals surface area contributed by atoms with E-state index in [2.05, 4.69) is 40.0 Å². The van der Waals surface area contributed by atoms with Gasteiger partial charge in [-0.15, -0.1) is 35.3 Å². The van der Waals surface area contributed by atoms with Crippen LogP contribution in [0.1, 0.15) is 39.0 Å². The number of carbonyl (C=O) groups excluding carboxylic acids is 1. The zero-order chi connectivity index (χ0) is 18.2. The highest BCUT2D eigenvalue weighted by atomic mass is 127. The Morgan fingerprint density at radius 3 is 2.78 bits per heavy atom. The molecule has 3 rings (SSSR count). The summed E-state index contributed by atoms with van der Waals surface area (Å²) in [7, 11) is 0. The fraction of sp³-hybridized carbons (Fsp3) is 0.684. The third-order valence-corrected chi connectivity index (χ3v) is 5.95. The minimum Gasteiger partial charge on any atom is -0.363 e. The van der Waals surface area contributed by atoms with Gasteiger partial charge in [0.1, 0.15) is 0 Å². The summed E-state index contributed by atoms with van der Waals surface area (Å²) in [6.07, 6.45) is 4.92. The van der Waals surface area contributed by atoms with Crippen molar-refractivity contribution >= 4 is 52.2 Å². The van der Waals surface area contributed by atoms with Crippen LogP contribution in [0.2, 0.25) is 0 Å². The van der Waals surface area contributed by atoms with Crippen molar-refractivity contribution in [2.24, 2.45) is 4.99 Å². The average molecular weight is 505 g/mol. The normalized spacial score (nSPS) is 18.6. The van der Waals surface area contributed by atoms with Crippen LogP contribution in [0.15, 0.2) is 22.5 Å². The molecule has 0 atom stereocenters. The highest BCUT2D eigenvalue weighted by Crippen LogP contribution is 2.24. The lowest BCUT2D eigenvalue weighted by Crippen LogP contribution is -2.48. The van der Waals surface area contributed by atoms with Crippen molar-refractivity contribution in [1.29, 1.82) is 0 Å². The highest BCUT2D eigenvalue weighted by molar-refractivity contribution is 14.0. The quantitative estimate of drug-likeness (QED) is 0.259. The Labute approximate surface area is 183 Å². The van der Waals surface area contributed by atoms with E-state index in [1.165, 1.54) is 5.00 Å². The number of piperidine rings is 1. The van der Waals surface area contributed by atoms with E-state index in [0.29, 0.717) is 11.9 Å². The maximum Gasteiger partial charge on any atom is 0.222 e. The first-order valence-electron chi connectivity index (χ1n) is 9.87. The minimum absolute atomic E-state index is 0. The van der Waals surface area contributed by atoms with Crippen molar-refractivity contribution in [2.75, 3.05) is 44.2 Å². The number of rotatable bonds is 7. The molecule has 2 aliphatic rings. The van der Waals surface area contributed by atoms with Gasteiger partial charge in [-0.2, -0.15) is 0 Å². The number of anilines is 1. The fourth-order valence-corrected chi connectivity index (χ4v) is 4.39. The lowest BCUT2D eigenvalue weighted by Gasteiger charge is -2.33. The standard InChI is InChI=1S/C19H31N5OS.HI/c1-2-20-19(21-10-5-12-23-11-3-6-17(23)25)22-16-8-13-24(14-9-16)18-7-4-15-26-18;/h4,7,15-16H,2-3,5-6,8-14H2,1H3,(H2,20,21,22);1H. The van der Waals surface area contributed by atoms with Gasteiger partial charge in [0.05, 0.1) is 5.00 Å². The number of halogens is 1. The number of carbonyl (C=O) groups is 1. The monoisotopic (exact) mass is 505 g/mol. The molecule has 0 aromatic carbocycles. The highest BCUT2D eigenvalue weighted by Gasteiger charge is 2.21. The van der Waals surface area contributed by atoms with E-state index in [9.17, 15) is 4.79 Å². The third-order valence-electron chi connectivity index (χ3n) is 5.03. The molecule has 2 fully saturated rings. The Morgan fingerprint density at radius 1 is 1.33 bits per heavy atom. The van der Waals surface area contributed by atoms with Gasteiger partial charge in [0.25, 0.3) is 0 Å². The molecule has 0 saturated carbocycles. The molecule has 1 aromatic rings. The maximum absolute atomic E-state index is 11.6. The largest absolute Gasteiger partial charge is 0.363 e. The summed E-state index contributed by atoms with van der Waals surface area (Å²) in [5, 5.41) is 10.5. The number of hydrogen-bond donors (Lipinski definition) is 2. The van der Waals surface area contributed by atoms with Crippen LogP contribution in [0.5, 0.6) is 0 Å². The molecule has 0 aliphatic carbocycles. The predicted molar refractivity (Wildman–Crippen MR) is 125 cm³/mol. The Hall–Kier alpha value is -1.03. The molecule has 2 saturated heterocycles. The van der Waals surface area contributed by atoms with E-state index in [4.69, 9.17) is 4.99 Å². The molecule has 27 heavy (non-hydrogen) atoms. The number of nitrogens with zero attached hydrogens (tertiary/aromatic N) is 3. The number of amides is 1. The van der Waals surface area contributed by atoms with Gasteiger partial charge < -0.3 is 20.4 Å². The Balaban J connectivity index is 0.00000261. The lowest BCUT2D eigenvalue weighted by molar-refractivity contribution is -0.127. The number of likely N-dealkylation sites (tertiary alicyclic amines) is 1. The van der Waals surface area contributed by atoms with Crippen LogP contribution in [-0.4, -0.2) is 62.1 Å². The first-order chi connectivity index (χ1) is 12.8. The zero-order valence-electron chi connectivity index (χ0n) is 16.2. The molecular weight excluding hydrogens is 473 g/mol. The molecule has 0 unspecified atom stereocenters. The maximum atomic E-state index is 11.6. The summed E-state index contributed by atoms with van der Waals surface area (Å²) >= 11 is 1.82. The Bertz CT molecular complexity index is 587. The van der Waals surface area contributed by atoms with E-state index < -0.39 is 0 Å². The number of aliphatic imine (C=N–C) groups is 1. The third kappa shape index (κ3) is 6.81. The van der Waals surface area contributed by atoms with Crippen molar-refractivity contribution in [3.8, 4) is 0 Å². The first kappa shape index (κ1) is 22.3. The summed E-state index contributed by atoms with van der Waals surface area (Å²) in [6, 6.07) is 4.80. The lowest BCUT2D eigenvalue weighted by atomic mass is 10.1. The van der Waals surface area contributed by atoms with Crippen molar-refractivity contribution in [2.45, 2.75) is 45.1 Å². The molecule has 1 amide bonds. The minimum atomic E-state index is 0. The summed E-state index contributed by atoms with van der Waals surface area (Å²) < 4.78 is 0. The van der Waals surface area contributed by atoms with E-state index >= 15 is 0 Å². The first-order valence-corrected chi connectivity index (χ1v) is 10.8. The molecule has 0 radical (unpaired) electrons. The summed E-state index contributed by atoms with van der Waals surface area (Å²) in [5.41, 5.74) is 0. The molecule has 3 heterocycles. The van der Waals surface area contributed by atoms with Crippen molar-refractivity contribution in [3.63, 3.8) is 0 Å².